The number of nitrogens with zero attached hydrogens (tertiary/aromatic N) is 1. The van der Waals surface area contributed by atoms with Gasteiger partial charge in [-0.15, -0.1) is 0 Å². The molecule has 1 aliphatic heterocycles. The van der Waals surface area contributed by atoms with Gasteiger partial charge < -0.3 is 10.6 Å². The van der Waals surface area contributed by atoms with Crippen molar-refractivity contribution in [3.05, 3.63) is 93.5 Å². The number of aryl methyl sites for hydroxylation is 1. The van der Waals surface area contributed by atoms with Gasteiger partial charge in [0.15, 0.2) is 5.78 Å². The first-order valence-electron chi connectivity index (χ1n) is 10.6. The van der Waals surface area contributed by atoms with Gasteiger partial charge in [0.05, 0.1) is 10.7 Å². The monoisotopic (exact) mass is 437 g/mol. The summed E-state index contributed by atoms with van der Waals surface area (Å²) in [5.41, 5.74) is 5.96. The summed E-state index contributed by atoms with van der Waals surface area (Å²) in [6, 6.07) is 14.0. The molecule has 2 heterocycles. The van der Waals surface area contributed by atoms with Crippen LogP contribution in [-0.2, 0) is 25.8 Å². The van der Waals surface area contributed by atoms with E-state index in [0.29, 0.717) is 25.1 Å². The average Bonchev–Trinajstić information content (AvgIpc) is 3.04. The third-order valence-corrected chi connectivity index (χ3v) is 5.93. The Morgan fingerprint density at radius 2 is 1.81 bits per heavy atom. The minimum Gasteiger partial charge on any atom is -0.379 e. The molecule has 0 saturated heterocycles. The Kier molecular flexibility index (Phi) is 6.95. The van der Waals surface area contributed by atoms with E-state index in [1.54, 1.807) is 24.4 Å². The van der Waals surface area contributed by atoms with Crippen molar-refractivity contribution in [3.8, 4) is 0 Å². The zero-order chi connectivity index (χ0) is 21.6. The Hall–Kier alpha value is -2.76. The van der Waals surface area contributed by atoms with Crippen LogP contribution in [0.25, 0.3) is 0 Å². The van der Waals surface area contributed by atoms with E-state index < -0.39 is 0 Å². The number of hydrogen-bond acceptors (Lipinski definition) is 4. The molecule has 0 unspecified atom stereocenters. The van der Waals surface area contributed by atoms with Crippen molar-refractivity contribution >= 4 is 23.1 Å². The predicted octanol–water partition coefficient (Wildman–Crippen LogP) is 4.99. The van der Waals surface area contributed by atoms with Crippen LogP contribution in [-0.4, -0.2) is 23.9 Å². The quantitative estimate of drug-likeness (QED) is 0.511. The fraction of sp³-hybridized carbons (Fsp3) is 0.280. The van der Waals surface area contributed by atoms with Gasteiger partial charge in [-0.05, 0) is 78.9 Å². The van der Waals surface area contributed by atoms with Crippen molar-refractivity contribution in [3.63, 3.8) is 0 Å². The van der Waals surface area contributed by atoms with E-state index >= 15 is 0 Å². The second kappa shape index (κ2) is 10.0. The molecule has 4 nitrogen and oxygen atoms in total. The first-order chi connectivity index (χ1) is 15.1. The number of fused-ring (bicyclic) bond motifs is 1. The van der Waals surface area contributed by atoms with Crippen LogP contribution in [0.5, 0.6) is 0 Å². The van der Waals surface area contributed by atoms with Gasteiger partial charge in [0, 0.05) is 19.2 Å². The Balaban J connectivity index is 1.37. The molecule has 31 heavy (non-hydrogen) atoms. The van der Waals surface area contributed by atoms with Crippen molar-refractivity contribution in [2.45, 2.75) is 32.2 Å². The first-order valence-corrected chi connectivity index (χ1v) is 11.0. The summed E-state index contributed by atoms with van der Waals surface area (Å²) in [7, 11) is 0. The highest BCUT2D eigenvalue weighted by molar-refractivity contribution is 6.33. The van der Waals surface area contributed by atoms with E-state index in [9.17, 15) is 9.18 Å². The number of ketones is 1. The lowest BCUT2D eigenvalue weighted by molar-refractivity contribution is 0.0978. The maximum atomic E-state index is 13.0. The smallest absolute Gasteiger partial charge is 0.181 e. The largest absolute Gasteiger partial charge is 0.379 e. The van der Waals surface area contributed by atoms with Gasteiger partial charge in [-0.3, -0.25) is 9.78 Å². The summed E-state index contributed by atoms with van der Waals surface area (Å²) in [5, 5.41) is 7.62. The summed E-state index contributed by atoms with van der Waals surface area (Å²) >= 11 is 6.48. The molecule has 2 aromatic carbocycles. The SMILES string of the molecule is O=C(CCc1ccc(F)cc1)c1ccc(CNc2c(Cl)ccc3c2CCNCC3)cn1. The van der Waals surface area contributed by atoms with Gasteiger partial charge in [0.2, 0.25) is 0 Å². The van der Waals surface area contributed by atoms with Crippen LogP contribution < -0.4 is 10.6 Å². The van der Waals surface area contributed by atoms with Gasteiger partial charge in [-0.25, -0.2) is 4.39 Å². The van der Waals surface area contributed by atoms with Crippen LogP contribution in [0.3, 0.4) is 0 Å². The van der Waals surface area contributed by atoms with Crippen LogP contribution in [0.4, 0.5) is 10.1 Å². The van der Waals surface area contributed by atoms with E-state index in [0.717, 1.165) is 47.8 Å². The molecule has 0 saturated carbocycles. The molecule has 4 rings (SSSR count). The second-order valence-electron chi connectivity index (χ2n) is 7.76. The van der Waals surface area contributed by atoms with Gasteiger partial charge >= 0.3 is 0 Å². The van der Waals surface area contributed by atoms with Gasteiger partial charge in [0.1, 0.15) is 11.5 Å². The molecule has 6 heteroatoms. The number of Topliss-reactive ketones (excluding diaryl/α,β-unsaturated/α-hetero) is 1. The Morgan fingerprint density at radius 3 is 2.58 bits per heavy atom. The topological polar surface area (TPSA) is 54.0 Å². The number of nitrogens with one attached hydrogen (secondary N) is 2. The van der Waals surface area contributed by atoms with Crippen molar-refractivity contribution < 1.29 is 9.18 Å². The van der Waals surface area contributed by atoms with E-state index in [-0.39, 0.29) is 11.6 Å². The Morgan fingerprint density at radius 1 is 1.03 bits per heavy atom. The third kappa shape index (κ3) is 5.49. The second-order valence-corrected chi connectivity index (χ2v) is 8.17. The highest BCUT2D eigenvalue weighted by atomic mass is 35.5. The summed E-state index contributed by atoms with van der Waals surface area (Å²) in [6.07, 6.45) is 4.58. The predicted molar refractivity (Wildman–Crippen MR) is 122 cm³/mol. The fourth-order valence-corrected chi connectivity index (χ4v) is 4.10. The fourth-order valence-electron chi connectivity index (χ4n) is 3.86. The number of hydrogen-bond donors (Lipinski definition) is 2. The molecule has 3 aromatic rings. The van der Waals surface area contributed by atoms with Crippen molar-refractivity contribution in [1.29, 1.82) is 0 Å². The first kappa shape index (κ1) is 21.5. The lowest BCUT2D eigenvalue weighted by atomic mass is 10.0. The number of aromatic nitrogens is 1. The standard InChI is InChI=1S/C25H25ClFN3O/c26-22-8-5-19-11-13-28-14-12-21(19)25(22)30-16-18-3-9-23(29-15-18)24(31)10-4-17-1-6-20(27)7-2-17/h1-3,5-9,15,28,30H,4,10-14,16H2. The molecule has 2 N–H and O–H groups in total. The van der Waals surface area contributed by atoms with Crippen LogP contribution >= 0.6 is 11.6 Å². The van der Waals surface area contributed by atoms with Gasteiger partial charge in [-0.2, -0.15) is 0 Å². The van der Waals surface area contributed by atoms with E-state index in [1.807, 2.05) is 12.1 Å². The summed E-state index contributed by atoms with van der Waals surface area (Å²) in [5.74, 6) is -0.293. The number of benzene rings is 2. The molecule has 0 fully saturated rings. The van der Waals surface area contributed by atoms with E-state index in [4.69, 9.17) is 11.6 Å². The molecule has 0 amide bonds. The third-order valence-electron chi connectivity index (χ3n) is 5.62. The van der Waals surface area contributed by atoms with Gasteiger partial charge in [0.25, 0.3) is 0 Å². The zero-order valence-electron chi connectivity index (χ0n) is 17.3. The lowest BCUT2D eigenvalue weighted by Crippen LogP contribution is -2.16. The highest BCUT2D eigenvalue weighted by Crippen LogP contribution is 2.31. The Bertz CT molecular complexity index is 1050. The number of halogens is 2. The summed E-state index contributed by atoms with van der Waals surface area (Å²) in [6.45, 7) is 2.51. The van der Waals surface area contributed by atoms with Gasteiger partial charge in [-0.1, -0.05) is 35.9 Å². The summed E-state index contributed by atoms with van der Waals surface area (Å²) < 4.78 is 13.0. The molecule has 0 spiro atoms. The molecule has 0 bridgehead atoms. The van der Waals surface area contributed by atoms with E-state index in [2.05, 4.69) is 21.7 Å². The molecular formula is C25H25ClFN3O. The number of carbonyl (C=O) groups is 1. The molecule has 0 aliphatic carbocycles. The minimum atomic E-state index is -0.273. The summed E-state index contributed by atoms with van der Waals surface area (Å²) in [4.78, 5) is 16.8. The number of carbonyl (C=O) groups excluding carboxylic acids is 1. The molecular weight excluding hydrogens is 413 g/mol. The zero-order valence-corrected chi connectivity index (χ0v) is 18.0. The van der Waals surface area contributed by atoms with Crippen LogP contribution in [0.2, 0.25) is 5.02 Å². The minimum absolute atomic E-state index is 0.0206. The van der Waals surface area contributed by atoms with Crippen molar-refractivity contribution in [1.82, 2.24) is 10.3 Å². The maximum absolute atomic E-state index is 13.0. The highest BCUT2D eigenvalue weighted by Gasteiger charge is 2.15. The van der Waals surface area contributed by atoms with Crippen molar-refractivity contribution in [2.75, 3.05) is 18.4 Å². The number of pyridine rings is 1. The molecule has 0 radical (unpaired) electrons. The average molecular weight is 438 g/mol. The number of anilines is 1. The van der Waals surface area contributed by atoms with Crippen molar-refractivity contribution in [2.24, 2.45) is 0 Å². The lowest BCUT2D eigenvalue weighted by Gasteiger charge is -2.16. The normalized spacial score (nSPS) is 13.4. The van der Waals surface area contributed by atoms with E-state index in [1.165, 1.54) is 23.3 Å². The molecule has 160 valence electrons. The molecule has 1 aliphatic rings. The number of rotatable bonds is 7. The van der Waals surface area contributed by atoms with Crippen LogP contribution in [0.15, 0.2) is 54.7 Å². The molecule has 1 aromatic heterocycles. The van der Waals surface area contributed by atoms with Crippen LogP contribution in [0.1, 0.15) is 39.2 Å². The maximum Gasteiger partial charge on any atom is 0.181 e. The van der Waals surface area contributed by atoms with Crippen LogP contribution in [0, 0.1) is 5.82 Å². The Labute approximate surface area is 186 Å². The molecule has 0 atom stereocenters.